The standard InChI is InChI=1S/C29H44N4O6S/c1-21-17-33(22(2)20-34)29(35)26-16-25(31-40(5,36)37)9-10-27(26)39-23(3)8-6-7-15-38-28(21)19-32(4)18-24-11-13-30-14-12-24/h9-14,16,21-23,28,31,34H,6-8,15,17-20H2,1-5H3/t21-,22-,23-,28+/m0/s1. The molecule has 0 saturated carbocycles. The number of aliphatic hydroxyl groups excluding tert-OH is 1. The van der Waals surface area contributed by atoms with Crippen LogP contribution in [0.15, 0.2) is 42.7 Å². The number of carbonyl (C=O) groups excluding carboxylic acids is 1. The van der Waals surface area contributed by atoms with Crippen molar-refractivity contribution in [3.63, 3.8) is 0 Å². The molecule has 2 N–H and O–H groups in total. The molecule has 0 spiro atoms. The van der Waals surface area contributed by atoms with Crippen molar-refractivity contribution in [2.45, 2.75) is 64.8 Å². The monoisotopic (exact) mass is 576 g/mol. The second-order valence-electron chi connectivity index (χ2n) is 10.9. The van der Waals surface area contributed by atoms with Gasteiger partial charge in [-0.15, -0.1) is 0 Å². The smallest absolute Gasteiger partial charge is 0.258 e. The van der Waals surface area contributed by atoms with Crippen LogP contribution in [0, 0.1) is 5.92 Å². The zero-order chi connectivity index (χ0) is 29.3. The third-order valence-corrected chi connectivity index (χ3v) is 7.65. The van der Waals surface area contributed by atoms with Crippen molar-refractivity contribution in [1.29, 1.82) is 0 Å². The van der Waals surface area contributed by atoms with E-state index >= 15 is 0 Å². The number of aromatic nitrogens is 1. The van der Waals surface area contributed by atoms with Crippen molar-refractivity contribution in [2.24, 2.45) is 5.92 Å². The zero-order valence-electron chi connectivity index (χ0n) is 24.2. The van der Waals surface area contributed by atoms with Crippen LogP contribution in [-0.4, -0.2) is 92.1 Å². The van der Waals surface area contributed by atoms with E-state index in [0.29, 0.717) is 25.4 Å². The lowest BCUT2D eigenvalue weighted by molar-refractivity contribution is -0.0177. The molecule has 11 heteroatoms. The Bertz CT molecular complexity index is 1200. The number of anilines is 1. The summed E-state index contributed by atoms with van der Waals surface area (Å²) in [6.45, 7) is 7.93. The Kier molecular flexibility index (Phi) is 11.7. The second-order valence-corrected chi connectivity index (χ2v) is 12.7. The molecule has 1 aromatic heterocycles. The second kappa shape index (κ2) is 14.8. The number of aliphatic hydroxyl groups is 1. The van der Waals surface area contributed by atoms with Gasteiger partial charge in [0.05, 0.1) is 36.7 Å². The van der Waals surface area contributed by atoms with Gasteiger partial charge in [-0.1, -0.05) is 6.92 Å². The Morgan fingerprint density at radius 2 is 1.93 bits per heavy atom. The average molecular weight is 577 g/mol. The number of sulfonamides is 1. The molecule has 1 aliphatic rings. The van der Waals surface area contributed by atoms with Gasteiger partial charge in [0.15, 0.2) is 0 Å². The lowest BCUT2D eigenvalue weighted by atomic mass is 10.0. The first-order chi connectivity index (χ1) is 19.0. The minimum absolute atomic E-state index is 0.0543. The summed E-state index contributed by atoms with van der Waals surface area (Å²) >= 11 is 0. The summed E-state index contributed by atoms with van der Waals surface area (Å²) in [7, 11) is -1.50. The fraction of sp³-hybridized carbons (Fsp3) is 0.586. The summed E-state index contributed by atoms with van der Waals surface area (Å²) in [5, 5.41) is 10.1. The predicted molar refractivity (Wildman–Crippen MR) is 156 cm³/mol. The summed E-state index contributed by atoms with van der Waals surface area (Å²) in [4.78, 5) is 22.0. The van der Waals surface area contributed by atoms with E-state index < -0.39 is 16.1 Å². The number of nitrogens with zero attached hydrogens (tertiary/aromatic N) is 3. The van der Waals surface area contributed by atoms with Crippen LogP contribution in [0.3, 0.4) is 0 Å². The number of hydrogen-bond acceptors (Lipinski definition) is 8. The lowest BCUT2D eigenvalue weighted by Crippen LogP contribution is -2.47. The first-order valence-electron chi connectivity index (χ1n) is 13.9. The Morgan fingerprint density at radius 3 is 2.60 bits per heavy atom. The van der Waals surface area contributed by atoms with Crippen molar-refractivity contribution in [1.82, 2.24) is 14.8 Å². The quantitative estimate of drug-likeness (QED) is 0.491. The van der Waals surface area contributed by atoms with Crippen LogP contribution in [0.2, 0.25) is 0 Å². The third kappa shape index (κ3) is 9.72. The zero-order valence-corrected chi connectivity index (χ0v) is 25.1. The molecular formula is C29H44N4O6S. The number of likely N-dealkylation sites (N-methyl/N-ethyl adjacent to an activating group) is 1. The number of ether oxygens (including phenoxy) is 2. The highest BCUT2D eigenvalue weighted by molar-refractivity contribution is 7.92. The van der Waals surface area contributed by atoms with Crippen LogP contribution in [0.4, 0.5) is 5.69 Å². The van der Waals surface area contributed by atoms with E-state index in [1.807, 2.05) is 26.1 Å². The molecule has 0 saturated heterocycles. The molecule has 1 aromatic carbocycles. The first-order valence-corrected chi connectivity index (χ1v) is 15.7. The summed E-state index contributed by atoms with van der Waals surface area (Å²) in [5.41, 5.74) is 1.67. The molecule has 10 nitrogen and oxygen atoms in total. The molecule has 2 aromatic rings. The van der Waals surface area contributed by atoms with Crippen molar-refractivity contribution in [3.8, 4) is 5.75 Å². The maximum Gasteiger partial charge on any atom is 0.258 e. The van der Waals surface area contributed by atoms with Crippen molar-refractivity contribution >= 4 is 21.6 Å². The van der Waals surface area contributed by atoms with E-state index in [9.17, 15) is 18.3 Å². The Balaban J connectivity index is 1.92. The van der Waals surface area contributed by atoms with Gasteiger partial charge >= 0.3 is 0 Å². The highest BCUT2D eigenvalue weighted by Gasteiger charge is 2.30. The van der Waals surface area contributed by atoms with E-state index in [2.05, 4.69) is 21.5 Å². The molecule has 1 amide bonds. The normalized spacial score (nSPS) is 22.2. The van der Waals surface area contributed by atoms with Crippen molar-refractivity contribution in [3.05, 3.63) is 53.9 Å². The molecule has 222 valence electrons. The highest BCUT2D eigenvalue weighted by Crippen LogP contribution is 2.29. The summed E-state index contributed by atoms with van der Waals surface area (Å²) in [6, 6.07) is 8.24. The van der Waals surface area contributed by atoms with Crippen LogP contribution in [0.5, 0.6) is 5.75 Å². The largest absolute Gasteiger partial charge is 0.490 e. The van der Waals surface area contributed by atoms with Gasteiger partial charge < -0.3 is 19.5 Å². The van der Waals surface area contributed by atoms with E-state index in [1.54, 1.807) is 36.4 Å². The van der Waals surface area contributed by atoms with Gasteiger partial charge in [-0.25, -0.2) is 8.42 Å². The van der Waals surface area contributed by atoms with Crippen LogP contribution in [0.25, 0.3) is 0 Å². The van der Waals surface area contributed by atoms with E-state index in [1.165, 1.54) is 6.07 Å². The third-order valence-electron chi connectivity index (χ3n) is 7.05. The molecule has 0 bridgehead atoms. The van der Waals surface area contributed by atoms with Crippen LogP contribution < -0.4 is 9.46 Å². The van der Waals surface area contributed by atoms with Crippen LogP contribution in [0.1, 0.15) is 56.0 Å². The number of carbonyl (C=O) groups is 1. The molecular weight excluding hydrogens is 532 g/mol. The minimum atomic E-state index is -3.55. The van der Waals surface area contributed by atoms with Gasteiger partial charge in [0.25, 0.3) is 5.91 Å². The van der Waals surface area contributed by atoms with Gasteiger partial charge in [-0.3, -0.25) is 19.4 Å². The number of pyridine rings is 1. The van der Waals surface area contributed by atoms with Gasteiger partial charge in [0, 0.05) is 50.2 Å². The van der Waals surface area contributed by atoms with Crippen LogP contribution >= 0.6 is 0 Å². The number of nitrogens with one attached hydrogen (secondary N) is 1. The van der Waals surface area contributed by atoms with Gasteiger partial charge in [-0.2, -0.15) is 0 Å². The maximum absolute atomic E-state index is 14.0. The molecule has 0 aliphatic carbocycles. The number of hydrogen-bond donors (Lipinski definition) is 2. The molecule has 4 atom stereocenters. The molecule has 40 heavy (non-hydrogen) atoms. The van der Waals surface area contributed by atoms with Crippen molar-refractivity contribution < 1.29 is 27.8 Å². The van der Waals surface area contributed by atoms with E-state index in [0.717, 1.165) is 37.6 Å². The highest BCUT2D eigenvalue weighted by atomic mass is 32.2. The topological polar surface area (TPSA) is 121 Å². The summed E-state index contributed by atoms with van der Waals surface area (Å²) in [6.07, 6.45) is 6.87. The molecule has 1 aliphatic heterocycles. The van der Waals surface area contributed by atoms with E-state index in [4.69, 9.17) is 9.47 Å². The lowest BCUT2D eigenvalue weighted by Gasteiger charge is -2.36. The Hall–Kier alpha value is -2.73. The van der Waals surface area contributed by atoms with Gasteiger partial charge in [0.1, 0.15) is 5.75 Å². The number of amides is 1. The molecule has 0 radical (unpaired) electrons. The van der Waals surface area contributed by atoms with Crippen LogP contribution in [-0.2, 0) is 21.3 Å². The first kappa shape index (κ1) is 31.8. The minimum Gasteiger partial charge on any atom is -0.490 e. The van der Waals surface area contributed by atoms with Crippen molar-refractivity contribution in [2.75, 3.05) is 44.3 Å². The molecule has 0 fully saturated rings. The molecule has 2 heterocycles. The average Bonchev–Trinajstić information content (AvgIpc) is 2.90. The fourth-order valence-electron chi connectivity index (χ4n) is 4.83. The molecule has 0 unspecified atom stereocenters. The number of fused-ring (bicyclic) bond motifs is 1. The Morgan fingerprint density at radius 1 is 1.20 bits per heavy atom. The van der Waals surface area contributed by atoms with E-state index in [-0.39, 0.29) is 41.9 Å². The van der Waals surface area contributed by atoms with Gasteiger partial charge in [0.2, 0.25) is 10.0 Å². The summed E-state index contributed by atoms with van der Waals surface area (Å²) < 4.78 is 38.8. The number of rotatable bonds is 8. The Labute approximate surface area is 238 Å². The SMILES string of the molecule is C[C@H]1CCCCO[C@H](CN(C)Cc2ccncc2)[C@@H](C)CN([C@@H](C)CO)C(=O)c2cc(NS(C)(=O)=O)ccc2O1. The maximum atomic E-state index is 14.0. The fourth-order valence-corrected chi connectivity index (χ4v) is 5.39. The predicted octanol–water partition coefficient (Wildman–Crippen LogP) is 3.38. The number of benzene rings is 1. The van der Waals surface area contributed by atoms with Gasteiger partial charge in [-0.05, 0) is 76.1 Å². The molecule has 3 rings (SSSR count). The summed E-state index contributed by atoms with van der Waals surface area (Å²) in [5.74, 6) is -0.00334.